The fraction of sp³-hybridized carbons (Fsp3) is 0.940. The molecule has 0 saturated carbocycles. The zero-order valence-electron chi connectivity index (χ0n) is 40.1. The molecule has 0 atom stereocenters. The first-order valence-electron chi connectivity index (χ1n) is 25.8. The number of unbranched alkanes of at least 4 members (excludes halogenated alkanes) is 32. The van der Waals surface area contributed by atoms with Gasteiger partial charge in [-0.05, 0) is 0 Å². The van der Waals surface area contributed by atoms with Crippen LogP contribution in [0.1, 0.15) is 259 Å². The molecule has 0 aliphatic rings. The Hall–Kier alpha value is 0.259. The van der Waals surface area contributed by atoms with Crippen LogP contribution in [0.15, 0.2) is 0 Å². The van der Waals surface area contributed by atoms with E-state index in [4.69, 9.17) is 9.22 Å². The van der Waals surface area contributed by atoms with Crippen molar-refractivity contribution in [1.82, 2.24) is 0 Å². The summed E-state index contributed by atoms with van der Waals surface area (Å²) in [6.45, 7) is 8.99. The number of thioether (sulfide) groups is 3. The maximum absolute atomic E-state index is 13.4. The fourth-order valence-electron chi connectivity index (χ4n) is 7.49. The van der Waals surface area contributed by atoms with Gasteiger partial charge in [0.05, 0.1) is 0 Å². The van der Waals surface area contributed by atoms with E-state index in [0.717, 1.165) is 62.2 Å². The van der Waals surface area contributed by atoms with Crippen molar-refractivity contribution in [3.05, 3.63) is 0 Å². The minimum Gasteiger partial charge on any atom is -0.0654 e. The summed E-state index contributed by atoms with van der Waals surface area (Å²) in [7, 11) is 0. The van der Waals surface area contributed by atoms with E-state index in [2.05, 4.69) is 27.7 Å². The molecule has 0 aromatic heterocycles. The predicted molar refractivity (Wildman–Crippen MR) is 270 cm³/mol. The molecule has 356 valence electrons. The summed E-state index contributed by atoms with van der Waals surface area (Å²) in [6, 6.07) is 0. The summed E-state index contributed by atoms with van der Waals surface area (Å²) < 4.78 is 18.9. The van der Waals surface area contributed by atoms with Crippen molar-refractivity contribution >= 4 is 72.8 Å². The third-order valence-corrected chi connectivity index (χ3v) is 21.7. The average molecular weight is 1010 g/mol. The van der Waals surface area contributed by atoms with Crippen LogP contribution in [0, 0.1) is 0 Å². The fourth-order valence-corrected chi connectivity index (χ4v) is 17.5. The molecule has 0 heterocycles. The molecule has 0 aromatic carbocycles. The van der Waals surface area contributed by atoms with E-state index in [1.54, 1.807) is 35.3 Å². The number of carbonyl (C=O) groups is 3. The van der Waals surface area contributed by atoms with Crippen LogP contribution in [-0.2, 0) is 23.6 Å². The van der Waals surface area contributed by atoms with Crippen LogP contribution in [0.2, 0.25) is 4.44 Å². The summed E-state index contributed by atoms with van der Waals surface area (Å²) in [5, 5.41) is 0. The second-order valence-electron chi connectivity index (χ2n) is 17.3. The SMILES string of the molecule is CCCCCCCCCCCCSCC(=O)[O][Sn]([CH2]CCCCCCC)([O]C(=O)CSCCCCCCCCCCCC)[O]C(=O)CSCCCCCCCCCCCC. The van der Waals surface area contributed by atoms with Gasteiger partial charge in [-0.25, -0.2) is 0 Å². The van der Waals surface area contributed by atoms with E-state index in [0.29, 0.717) is 4.44 Å². The first-order valence-corrected chi connectivity index (χ1v) is 34.8. The zero-order chi connectivity index (χ0) is 43.9. The van der Waals surface area contributed by atoms with E-state index in [-0.39, 0.29) is 17.3 Å². The van der Waals surface area contributed by atoms with Crippen LogP contribution in [0.25, 0.3) is 0 Å². The van der Waals surface area contributed by atoms with Crippen molar-refractivity contribution in [2.45, 2.75) is 263 Å². The van der Waals surface area contributed by atoms with Crippen molar-refractivity contribution in [3.8, 4) is 0 Å². The summed E-state index contributed by atoms with van der Waals surface area (Å²) in [4.78, 5) is 40.3. The molecule has 0 radical (unpaired) electrons. The molecular formula is C50H98O6S3Sn. The molecule has 0 N–H and O–H groups in total. The monoisotopic (exact) mass is 1010 g/mol. The number of hydrogen-bond donors (Lipinski definition) is 0. The molecule has 0 spiro atoms. The van der Waals surface area contributed by atoms with Gasteiger partial charge in [-0.3, -0.25) is 0 Å². The zero-order valence-corrected chi connectivity index (χ0v) is 45.4. The van der Waals surface area contributed by atoms with E-state index in [1.165, 1.54) is 186 Å². The minimum atomic E-state index is -4.94. The van der Waals surface area contributed by atoms with Gasteiger partial charge in [0.1, 0.15) is 0 Å². The average Bonchev–Trinajstić information content (AvgIpc) is 3.23. The van der Waals surface area contributed by atoms with Crippen LogP contribution in [0.4, 0.5) is 0 Å². The summed E-state index contributed by atoms with van der Waals surface area (Å²) in [5.41, 5.74) is 0. The summed E-state index contributed by atoms with van der Waals surface area (Å²) in [5.74, 6) is 2.10. The topological polar surface area (TPSA) is 78.9 Å². The summed E-state index contributed by atoms with van der Waals surface area (Å²) >= 11 is -0.187. The Morgan fingerprint density at radius 3 is 0.733 bits per heavy atom. The molecule has 0 aromatic rings. The molecule has 0 rings (SSSR count). The van der Waals surface area contributed by atoms with Gasteiger partial charge in [0, 0.05) is 0 Å². The molecule has 0 bridgehead atoms. The van der Waals surface area contributed by atoms with Crippen molar-refractivity contribution in [1.29, 1.82) is 0 Å². The van der Waals surface area contributed by atoms with Crippen molar-refractivity contribution in [3.63, 3.8) is 0 Å². The van der Waals surface area contributed by atoms with Crippen molar-refractivity contribution in [2.75, 3.05) is 34.5 Å². The normalized spacial score (nSPS) is 11.6. The van der Waals surface area contributed by atoms with Gasteiger partial charge >= 0.3 is 316 Å². The van der Waals surface area contributed by atoms with Crippen molar-refractivity contribution < 1.29 is 23.6 Å². The van der Waals surface area contributed by atoms with Gasteiger partial charge in [-0.1, -0.05) is 78.6 Å². The third-order valence-electron chi connectivity index (χ3n) is 11.2. The molecule has 6 nitrogen and oxygen atoms in total. The minimum absolute atomic E-state index is 0.197. The van der Waals surface area contributed by atoms with Crippen LogP contribution in [0.3, 0.4) is 0 Å². The van der Waals surface area contributed by atoms with Crippen LogP contribution >= 0.6 is 35.3 Å². The van der Waals surface area contributed by atoms with E-state index < -0.39 is 37.5 Å². The smallest absolute Gasteiger partial charge is 0.0654 e. The molecule has 0 aliphatic carbocycles. The number of hydrogen-bond acceptors (Lipinski definition) is 9. The Kier molecular flexibility index (Phi) is 48.9. The van der Waals surface area contributed by atoms with Gasteiger partial charge in [0.15, 0.2) is 0 Å². The van der Waals surface area contributed by atoms with Crippen molar-refractivity contribution in [2.24, 2.45) is 0 Å². The Bertz CT molecular complexity index is 839. The molecule has 0 aliphatic heterocycles. The Morgan fingerprint density at radius 2 is 0.500 bits per heavy atom. The second-order valence-corrected chi connectivity index (χ2v) is 27.7. The maximum atomic E-state index is 13.4. The van der Waals surface area contributed by atoms with Gasteiger partial charge in [-0.15, -0.1) is 0 Å². The first kappa shape index (κ1) is 60.3. The van der Waals surface area contributed by atoms with Crippen LogP contribution in [-0.4, -0.2) is 72.0 Å². The molecular weight excluding hydrogens is 911 g/mol. The first-order chi connectivity index (χ1) is 29.4. The predicted octanol–water partition coefficient (Wildman–Crippen LogP) is 16.9. The number of carbonyl (C=O) groups excluding carboxylic acids is 3. The third kappa shape index (κ3) is 43.5. The molecule has 0 saturated heterocycles. The van der Waals surface area contributed by atoms with E-state index >= 15 is 0 Å². The second kappa shape index (κ2) is 48.7. The van der Waals surface area contributed by atoms with Crippen LogP contribution in [0.5, 0.6) is 0 Å². The molecule has 0 unspecified atom stereocenters. The molecule has 0 amide bonds. The Morgan fingerprint density at radius 1 is 0.300 bits per heavy atom. The van der Waals surface area contributed by atoms with Crippen LogP contribution < -0.4 is 0 Å². The molecule has 60 heavy (non-hydrogen) atoms. The van der Waals surface area contributed by atoms with E-state index in [9.17, 15) is 14.4 Å². The van der Waals surface area contributed by atoms with Gasteiger partial charge in [0.25, 0.3) is 0 Å². The van der Waals surface area contributed by atoms with Gasteiger partial charge in [-0.2, -0.15) is 0 Å². The Labute approximate surface area is 391 Å². The molecule has 10 heteroatoms. The quantitative estimate of drug-likeness (QED) is 0.0437. The summed E-state index contributed by atoms with van der Waals surface area (Å²) in [6.07, 6.45) is 44.8. The van der Waals surface area contributed by atoms with Gasteiger partial charge in [0.2, 0.25) is 0 Å². The number of rotatable bonds is 49. The van der Waals surface area contributed by atoms with E-state index in [1.807, 2.05) is 0 Å². The standard InChI is InChI=1S/3C14H28O2S.C8H17.Sn/c3*1-2-3-4-5-6-7-8-9-10-11-12-17-13-14(15)16;1-3-5-7-8-6-4-2;/h3*2-13H2,1H3,(H,15,16);1,3-8H2,2H3;/q;;;;+3/p-3. The Balaban J connectivity index is 5.16. The molecule has 0 fully saturated rings. The van der Waals surface area contributed by atoms with Gasteiger partial charge < -0.3 is 0 Å².